The average Bonchev–Trinajstić information content (AvgIpc) is 3.35. The number of carbonyl (C=O) groups excluding carboxylic acids is 2. The van der Waals surface area contributed by atoms with Crippen LogP contribution < -0.4 is 5.73 Å². The van der Waals surface area contributed by atoms with E-state index in [-0.39, 0.29) is 36.9 Å². The lowest BCUT2D eigenvalue weighted by Crippen LogP contribution is -2.49. The number of nitrogens with two attached hydrogens (primary N) is 1. The van der Waals surface area contributed by atoms with Crippen LogP contribution in [0.3, 0.4) is 0 Å². The van der Waals surface area contributed by atoms with Crippen LogP contribution in [0.15, 0.2) is 48.7 Å². The Morgan fingerprint density at radius 3 is 2.69 bits per heavy atom. The fourth-order valence-electron chi connectivity index (χ4n) is 5.83. The van der Waals surface area contributed by atoms with E-state index in [2.05, 4.69) is 4.98 Å². The molecule has 6 nitrogen and oxygen atoms in total. The zero-order chi connectivity index (χ0) is 24.8. The van der Waals surface area contributed by atoms with Crippen LogP contribution in [-0.2, 0) is 28.7 Å². The third kappa shape index (κ3) is 4.45. The molecule has 9 heteroatoms. The summed E-state index contributed by atoms with van der Waals surface area (Å²) in [5.41, 5.74) is 6.56. The summed E-state index contributed by atoms with van der Waals surface area (Å²) in [6, 6.07) is 10.4. The van der Waals surface area contributed by atoms with Crippen molar-refractivity contribution in [2.45, 2.75) is 38.0 Å². The molecule has 184 valence electrons. The number of nitrogens with zero attached hydrogens (tertiary/aromatic N) is 3. The topological polar surface area (TPSA) is 79.5 Å². The van der Waals surface area contributed by atoms with E-state index >= 15 is 0 Å². The van der Waals surface area contributed by atoms with Crippen molar-refractivity contribution in [3.63, 3.8) is 0 Å². The molecular formula is C26H27F3N4O2. The summed E-state index contributed by atoms with van der Waals surface area (Å²) < 4.78 is 39.6. The quantitative estimate of drug-likeness (QED) is 0.679. The van der Waals surface area contributed by atoms with Gasteiger partial charge in [-0.15, -0.1) is 0 Å². The van der Waals surface area contributed by atoms with E-state index in [1.165, 1.54) is 6.08 Å². The first-order valence-electron chi connectivity index (χ1n) is 11.8. The number of hydrogen-bond acceptors (Lipinski definition) is 4. The maximum absolute atomic E-state index is 13.9. The fraction of sp³-hybridized carbons (Fsp3) is 0.423. The molecule has 35 heavy (non-hydrogen) atoms. The number of carbonyl (C=O) groups is 2. The summed E-state index contributed by atoms with van der Waals surface area (Å²) in [6.07, 6.45) is 1.14. The molecule has 0 unspecified atom stereocenters. The number of likely N-dealkylation sites (tertiary alicyclic amines) is 1. The second kappa shape index (κ2) is 8.78. The summed E-state index contributed by atoms with van der Waals surface area (Å²) in [5, 5.41) is 0. The van der Waals surface area contributed by atoms with Gasteiger partial charge in [0.15, 0.2) is 0 Å². The van der Waals surface area contributed by atoms with Crippen LogP contribution in [0.2, 0.25) is 0 Å². The number of fused-ring (bicyclic) bond motifs is 2. The zero-order valence-corrected chi connectivity index (χ0v) is 19.2. The number of pyridine rings is 1. The molecule has 1 aromatic heterocycles. The van der Waals surface area contributed by atoms with E-state index in [4.69, 9.17) is 5.73 Å². The number of hydrogen-bond donors (Lipinski definition) is 1. The number of amides is 2. The van der Waals surface area contributed by atoms with Gasteiger partial charge in [0.2, 0.25) is 11.8 Å². The Morgan fingerprint density at radius 2 is 1.94 bits per heavy atom. The van der Waals surface area contributed by atoms with Gasteiger partial charge < -0.3 is 15.5 Å². The molecule has 2 N–H and O–H groups in total. The summed E-state index contributed by atoms with van der Waals surface area (Å²) >= 11 is 0. The van der Waals surface area contributed by atoms with E-state index in [0.29, 0.717) is 43.6 Å². The molecule has 3 aliphatic rings. The zero-order valence-electron chi connectivity index (χ0n) is 19.2. The first-order chi connectivity index (χ1) is 16.7. The first kappa shape index (κ1) is 23.5. The van der Waals surface area contributed by atoms with Crippen LogP contribution in [0, 0.1) is 11.3 Å². The molecule has 1 saturated heterocycles. The Labute approximate surface area is 201 Å². The lowest BCUT2D eigenvalue weighted by atomic mass is 9.78. The highest BCUT2D eigenvalue weighted by molar-refractivity contribution is 5.93. The van der Waals surface area contributed by atoms with Gasteiger partial charge in [-0.1, -0.05) is 30.3 Å². The molecule has 1 aromatic carbocycles. The van der Waals surface area contributed by atoms with Crippen molar-refractivity contribution >= 4 is 17.9 Å². The van der Waals surface area contributed by atoms with Crippen molar-refractivity contribution in [2.24, 2.45) is 17.1 Å². The van der Waals surface area contributed by atoms with Crippen LogP contribution in [0.5, 0.6) is 0 Å². The van der Waals surface area contributed by atoms with Crippen molar-refractivity contribution in [1.29, 1.82) is 0 Å². The van der Waals surface area contributed by atoms with Crippen LogP contribution in [0.25, 0.3) is 6.08 Å². The molecule has 1 aliphatic carbocycles. The summed E-state index contributed by atoms with van der Waals surface area (Å²) in [6.45, 7) is 1.18. The predicted molar refractivity (Wildman–Crippen MR) is 124 cm³/mol. The molecule has 0 radical (unpaired) electrons. The van der Waals surface area contributed by atoms with Gasteiger partial charge in [0.1, 0.15) is 0 Å². The van der Waals surface area contributed by atoms with Crippen LogP contribution in [-0.4, -0.2) is 52.3 Å². The maximum atomic E-state index is 13.9. The molecule has 3 atom stereocenters. The number of rotatable bonds is 3. The standard InChI is InChI=1S/C26H27F3N4O2/c27-26(28,29)19-10-18-14-32(9-8-22(18)31-13-19)24(35)25-12-21(30)11-20(25)15-33(16-25)23(34)7-6-17-4-2-1-3-5-17/h1-7,10,13,20-21H,8-9,11-12,14-16,30H2/b7-6+/t20-,21+,25-/m0/s1. The van der Waals surface area contributed by atoms with Gasteiger partial charge >= 0.3 is 6.18 Å². The van der Waals surface area contributed by atoms with Gasteiger partial charge in [-0.05, 0) is 42.0 Å². The maximum Gasteiger partial charge on any atom is 0.417 e. The Morgan fingerprint density at radius 1 is 1.17 bits per heavy atom. The number of halogens is 3. The van der Waals surface area contributed by atoms with Gasteiger partial charge in [0.25, 0.3) is 0 Å². The molecule has 2 amide bonds. The Hall–Kier alpha value is -3.20. The minimum Gasteiger partial charge on any atom is -0.338 e. The third-order valence-corrected chi connectivity index (χ3v) is 7.52. The SMILES string of the molecule is N[C@@H]1C[C@H]2CN(C(=O)/C=C/c3ccccc3)C[C@@]2(C(=O)N2CCc3ncc(C(F)(F)F)cc3C2)C1. The number of aromatic nitrogens is 1. The summed E-state index contributed by atoms with van der Waals surface area (Å²) in [7, 11) is 0. The highest BCUT2D eigenvalue weighted by Crippen LogP contribution is 2.50. The summed E-state index contributed by atoms with van der Waals surface area (Å²) in [4.78, 5) is 34.1. The van der Waals surface area contributed by atoms with E-state index in [9.17, 15) is 22.8 Å². The van der Waals surface area contributed by atoms with E-state index in [1.807, 2.05) is 30.3 Å². The van der Waals surface area contributed by atoms with Crippen LogP contribution in [0.1, 0.15) is 35.2 Å². The number of benzene rings is 1. The Kier molecular flexibility index (Phi) is 5.91. The van der Waals surface area contributed by atoms with E-state index in [1.54, 1.807) is 15.9 Å². The minimum absolute atomic E-state index is 0.0693. The lowest BCUT2D eigenvalue weighted by Gasteiger charge is -2.37. The van der Waals surface area contributed by atoms with Crippen molar-refractivity contribution in [3.8, 4) is 0 Å². The fourth-order valence-corrected chi connectivity index (χ4v) is 5.83. The minimum atomic E-state index is -4.49. The van der Waals surface area contributed by atoms with Gasteiger partial charge in [-0.3, -0.25) is 14.6 Å². The highest BCUT2D eigenvalue weighted by atomic mass is 19.4. The summed E-state index contributed by atoms with van der Waals surface area (Å²) in [5.74, 6) is -0.354. The van der Waals surface area contributed by atoms with Gasteiger partial charge in [-0.25, -0.2) is 0 Å². The molecule has 3 heterocycles. The second-order valence-electron chi connectivity index (χ2n) is 9.82. The van der Waals surface area contributed by atoms with E-state index in [0.717, 1.165) is 17.8 Å². The first-order valence-corrected chi connectivity index (χ1v) is 11.8. The predicted octanol–water partition coefficient (Wildman–Crippen LogP) is 3.26. The van der Waals surface area contributed by atoms with Gasteiger partial charge in [0, 0.05) is 56.6 Å². The monoisotopic (exact) mass is 484 g/mol. The van der Waals surface area contributed by atoms with Gasteiger partial charge in [0.05, 0.1) is 11.0 Å². The van der Waals surface area contributed by atoms with Crippen molar-refractivity contribution in [1.82, 2.24) is 14.8 Å². The Balaban J connectivity index is 1.35. The smallest absolute Gasteiger partial charge is 0.338 e. The van der Waals surface area contributed by atoms with Crippen molar-refractivity contribution in [2.75, 3.05) is 19.6 Å². The number of alkyl halides is 3. The molecule has 2 aromatic rings. The molecule has 1 saturated carbocycles. The second-order valence-corrected chi connectivity index (χ2v) is 9.82. The third-order valence-electron chi connectivity index (χ3n) is 7.52. The van der Waals surface area contributed by atoms with Crippen molar-refractivity contribution in [3.05, 3.63) is 71.1 Å². The molecular weight excluding hydrogens is 457 g/mol. The van der Waals surface area contributed by atoms with E-state index < -0.39 is 17.2 Å². The Bertz CT molecular complexity index is 1170. The van der Waals surface area contributed by atoms with Crippen LogP contribution >= 0.6 is 0 Å². The normalized spacial score (nSPS) is 26.2. The molecule has 0 bridgehead atoms. The van der Waals surface area contributed by atoms with Gasteiger partial charge in [-0.2, -0.15) is 13.2 Å². The van der Waals surface area contributed by atoms with Crippen molar-refractivity contribution < 1.29 is 22.8 Å². The molecule has 5 rings (SSSR count). The highest BCUT2D eigenvalue weighted by Gasteiger charge is 2.58. The molecule has 2 fully saturated rings. The van der Waals surface area contributed by atoms with Crippen LogP contribution in [0.4, 0.5) is 13.2 Å². The average molecular weight is 485 g/mol. The molecule has 2 aliphatic heterocycles. The largest absolute Gasteiger partial charge is 0.417 e. The lowest BCUT2D eigenvalue weighted by molar-refractivity contribution is -0.144. The molecule has 0 spiro atoms.